The van der Waals surface area contributed by atoms with Gasteiger partial charge in [0.25, 0.3) is 0 Å². The molecule has 0 saturated heterocycles. The van der Waals surface area contributed by atoms with Crippen LogP contribution >= 0.6 is 0 Å². The van der Waals surface area contributed by atoms with E-state index >= 15 is 0 Å². The largest absolute Gasteiger partial charge is 0.465 e. The minimum atomic E-state index is -0.102. The first-order chi connectivity index (χ1) is 6.77. The van der Waals surface area contributed by atoms with Crippen molar-refractivity contribution in [2.75, 3.05) is 6.61 Å². The predicted molar refractivity (Wildman–Crippen MR) is 54.8 cm³/mol. The second-order valence-corrected chi connectivity index (χ2v) is 4.08. The quantitative estimate of drug-likeness (QED) is 0.551. The highest BCUT2D eigenvalue weighted by Gasteiger charge is 2.20. The highest BCUT2D eigenvalue weighted by atomic mass is 16.5. The Kier molecular flexibility index (Phi) is 2.71. The van der Waals surface area contributed by atoms with Gasteiger partial charge >= 0.3 is 5.97 Å². The number of hydrogen-bond donors (Lipinski definition) is 0. The monoisotopic (exact) mass is 192 g/mol. The average Bonchev–Trinajstić information content (AvgIpc) is 2.52. The molecule has 0 radical (unpaired) electrons. The van der Waals surface area contributed by atoms with Crippen LogP contribution in [0.5, 0.6) is 0 Å². The number of esters is 1. The van der Waals surface area contributed by atoms with Crippen molar-refractivity contribution in [1.82, 2.24) is 0 Å². The number of carbonyl (C=O) groups excluding carboxylic acids is 1. The number of hydrogen-bond acceptors (Lipinski definition) is 2. The minimum absolute atomic E-state index is 0.102. The van der Waals surface area contributed by atoms with Crippen molar-refractivity contribution in [2.45, 2.75) is 32.6 Å². The molecule has 2 aliphatic rings. The number of cyclic esters (lactones) is 1. The van der Waals surface area contributed by atoms with Crippen molar-refractivity contribution < 1.29 is 9.53 Å². The maximum atomic E-state index is 11.1. The molecule has 1 aliphatic carbocycles. The third-order valence-electron chi connectivity index (χ3n) is 3.07. The van der Waals surface area contributed by atoms with Gasteiger partial charge < -0.3 is 4.74 Å². The van der Waals surface area contributed by atoms with Crippen molar-refractivity contribution in [3.8, 4) is 0 Å². The standard InChI is InChI=1S/C12H16O2/c1-9-5-6-10-7-8-14-12(13)4-2-3-11(9)10/h2-3,9H,4-8H2,1H3. The van der Waals surface area contributed by atoms with Crippen molar-refractivity contribution in [3.63, 3.8) is 0 Å². The Hall–Kier alpha value is -1.05. The van der Waals surface area contributed by atoms with E-state index in [1.54, 1.807) is 0 Å². The highest BCUT2D eigenvalue weighted by Crippen LogP contribution is 2.34. The highest BCUT2D eigenvalue weighted by molar-refractivity contribution is 5.71. The van der Waals surface area contributed by atoms with Crippen molar-refractivity contribution in [1.29, 1.82) is 0 Å². The molecule has 1 unspecified atom stereocenters. The van der Waals surface area contributed by atoms with Gasteiger partial charge in [-0.15, -0.1) is 0 Å². The van der Waals surface area contributed by atoms with Crippen LogP contribution < -0.4 is 0 Å². The van der Waals surface area contributed by atoms with E-state index in [-0.39, 0.29) is 5.97 Å². The number of carbonyl (C=O) groups is 1. The number of ether oxygens (including phenoxy) is 1. The molecule has 0 bridgehead atoms. The Balaban J connectivity index is 2.18. The number of allylic oxidation sites excluding steroid dienone is 2. The minimum Gasteiger partial charge on any atom is -0.465 e. The zero-order valence-electron chi connectivity index (χ0n) is 8.58. The van der Waals surface area contributed by atoms with Gasteiger partial charge in [0.2, 0.25) is 0 Å². The van der Waals surface area contributed by atoms with E-state index in [1.807, 2.05) is 6.08 Å². The fourth-order valence-corrected chi connectivity index (χ4v) is 2.22. The molecule has 2 nitrogen and oxygen atoms in total. The summed E-state index contributed by atoms with van der Waals surface area (Å²) < 4.78 is 5.08. The summed E-state index contributed by atoms with van der Waals surface area (Å²) in [6.07, 6.45) is 7.84. The van der Waals surface area contributed by atoms with Gasteiger partial charge in [0.05, 0.1) is 13.0 Å². The molecule has 1 heterocycles. The van der Waals surface area contributed by atoms with Gasteiger partial charge in [0, 0.05) is 6.42 Å². The van der Waals surface area contributed by atoms with Crippen molar-refractivity contribution in [2.24, 2.45) is 5.92 Å². The van der Waals surface area contributed by atoms with Gasteiger partial charge in [-0.3, -0.25) is 4.79 Å². The molecule has 0 fully saturated rings. The maximum absolute atomic E-state index is 11.1. The Labute approximate surface area is 84.6 Å². The summed E-state index contributed by atoms with van der Waals surface area (Å²) in [6, 6.07) is 0. The van der Waals surface area contributed by atoms with E-state index in [0.717, 1.165) is 6.42 Å². The first-order valence-corrected chi connectivity index (χ1v) is 5.31. The van der Waals surface area contributed by atoms with E-state index < -0.39 is 0 Å². The predicted octanol–water partition coefficient (Wildman–Crippen LogP) is 2.61. The van der Waals surface area contributed by atoms with Crippen molar-refractivity contribution in [3.05, 3.63) is 23.3 Å². The fourth-order valence-electron chi connectivity index (χ4n) is 2.22. The molecule has 2 heteroatoms. The lowest BCUT2D eigenvalue weighted by Gasteiger charge is -2.05. The summed E-state index contributed by atoms with van der Waals surface area (Å²) in [5.41, 5.74) is 2.94. The van der Waals surface area contributed by atoms with E-state index in [9.17, 15) is 4.79 Å². The van der Waals surface area contributed by atoms with Crippen LogP contribution in [0.4, 0.5) is 0 Å². The normalized spacial score (nSPS) is 27.8. The molecule has 76 valence electrons. The zero-order valence-corrected chi connectivity index (χ0v) is 8.58. The van der Waals surface area contributed by atoms with E-state index in [0.29, 0.717) is 18.9 Å². The van der Waals surface area contributed by atoms with Gasteiger partial charge in [-0.25, -0.2) is 0 Å². The van der Waals surface area contributed by atoms with E-state index in [1.165, 1.54) is 24.0 Å². The Morgan fingerprint density at radius 3 is 3.14 bits per heavy atom. The molecule has 0 N–H and O–H groups in total. The average molecular weight is 192 g/mol. The Morgan fingerprint density at radius 1 is 1.43 bits per heavy atom. The first kappa shape index (κ1) is 9.50. The second kappa shape index (κ2) is 3.99. The number of rotatable bonds is 0. The third kappa shape index (κ3) is 1.89. The van der Waals surface area contributed by atoms with Gasteiger partial charge in [0.1, 0.15) is 0 Å². The van der Waals surface area contributed by atoms with Crippen LogP contribution in [-0.2, 0) is 9.53 Å². The first-order valence-electron chi connectivity index (χ1n) is 5.31. The van der Waals surface area contributed by atoms with Gasteiger partial charge in [-0.2, -0.15) is 0 Å². The summed E-state index contributed by atoms with van der Waals surface area (Å²) in [6.45, 7) is 2.82. The molecular weight excluding hydrogens is 176 g/mol. The lowest BCUT2D eigenvalue weighted by atomic mass is 10.0. The summed E-state index contributed by atoms with van der Waals surface area (Å²) in [7, 11) is 0. The maximum Gasteiger partial charge on any atom is 0.309 e. The third-order valence-corrected chi connectivity index (χ3v) is 3.07. The second-order valence-electron chi connectivity index (χ2n) is 4.08. The molecule has 0 aromatic heterocycles. The molecular formula is C12H16O2. The molecule has 0 spiro atoms. The van der Waals surface area contributed by atoms with E-state index in [2.05, 4.69) is 13.0 Å². The fraction of sp³-hybridized carbons (Fsp3) is 0.583. The molecule has 2 rings (SSSR count). The molecule has 0 aromatic rings. The smallest absolute Gasteiger partial charge is 0.309 e. The summed E-state index contributed by atoms with van der Waals surface area (Å²) >= 11 is 0. The van der Waals surface area contributed by atoms with Crippen LogP contribution in [0.2, 0.25) is 0 Å². The summed E-state index contributed by atoms with van der Waals surface area (Å²) in [4.78, 5) is 11.1. The molecule has 0 amide bonds. The lowest BCUT2D eigenvalue weighted by Crippen LogP contribution is -2.04. The summed E-state index contributed by atoms with van der Waals surface area (Å²) in [5, 5.41) is 0. The SMILES string of the molecule is CC1CCC2=C1C=CCC(=O)OCC2. The van der Waals surface area contributed by atoms with Crippen molar-refractivity contribution >= 4 is 5.97 Å². The van der Waals surface area contributed by atoms with Crippen LogP contribution in [0.25, 0.3) is 0 Å². The van der Waals surface area contributed by atoms with Crippen LogP contribution in [0.15, 0.2) is 23.3 Å². The molecule has 14 heavy (non-hydrogen) atoms. The molecule has 0 aromatic carbocycles. The Morgan fingerprint density at radius 2 is 2.29 bits per heavy atom. The van der Waals surface area contributed by atoms with Crippen LogP contribution in [-0.4, -0.2) is 12.6 Å². The molecule has 1 atom stereocenters. The van der Waals surface area contributed by atoms with Crippen LogP contribution in [0.3, 0.4) is 0 Å². The summed E-state index contributed by atoms with van der Waals surface area (Å²) in [5.74, 6) is 0.560. The van der Waals surface area contributed by atoms with Gasteiger partial charge in [0.15, 0.2) is 0 Å². The van der Waals surface area contributed by atoms with E-state index in [4.69, 9.17) is 4.74 Å². The lowest BCUT2D eigenvalue weighted by molar-refractivity contribution is -0.142. The topological polar surface area (TPSA) is 26.3 Å². The molecule has 1 aliphatic heterocycles. The van der Waals surface area contributed by atoms with Gasteiger partial charge in [-0.05, 0) is 24.3 Å². The van der Waals surface area contributed by atoms with Crippen LogP contribution in [0, 0.1) is 5.92 Å². The van der Waals surface area contributed by atoms with Gasteiger partial charge in [-0.1, -0.05) is 24.6 Å². The molecule has 0 saturated carbocycles. The zero-order chi connectivity index (χ0) is 9.97. The Bertz CT molecular complexity index is 299. The van der Waals surface area contributed by atoms with Crippen LogP contribution in [0.1, 0.15) is 32.6 Å².